The molecule has 15 nitrogen and oxygen atoms in total. The second-order valence-corrected chi connectivity index (χ2v) is 9.74. The van der Waals surface area contributed by atoms with Crippen LogP contribution in [0, 0.1) is 0 Å². The molecule has 0 saturated carbocycles. The molecule has 0 bridgehead atoms. The van der Waals surface area contributed by atoms with Gasteiger partial charge in [-0.3, -0.25) is 0 Å². The van der Waals surface area contributed by atoms with E-state index in [0.717, 1.165) is 0 Å². The molecule has 15 heteroatoms. The van der Waals surface area contributed by atoms with Crippen molar-refractivity contribution in [2.75, 3.05) is 90.9 Å². The van der Waals surface area contributed by atoms with Gasteiger partial charge in [-0.25, -0.2) is 0 Å². The lowest BCUT2D eigenvalue weighted by Gasteiger charge is -2.47. The highest BCUT2D eigenvalue weighted by Crippen LogP contribution is 2.32. The van der Waals surface area contributed by atoms with E-state index >= 15 is 0 Å². The van der Waals surface area contributed by atoms with E-state index in [4.69, 9.17) is 66.3 Å². The van der Waals surface area contributed by atoms with Gasteiger partial charge >= 0.3 is 0 Å². The van der Waals surface area contributed by atoms with Crippen LogP contribution in [-0.2, 0) is 71.1 Å². The Morgan fingerprint density at radius 1 is 0.595 bits per heavy atom. The molecule has 248 valence electrons. The van der Waals surface area contributed by atoms with E-state index in [1.54, 1.807) is 21.3 Å². The lowest BCUT2D eigenvalue weighted by molar-refractivity contribution is -0.350. The van der Waals surface area contributed by atoms with Crippen molar-refractivity contribution >= 4 is 6.29 Å². The van der Waals surface area contributed by atoms with E-state index < -0.39 is 79.7 Å². The van der Waals surface area contributed by atoms with Crippen LogP contribution in [0.15, 0.2) is 0 Å². The van der Waals surface area contributed by atoms with Gasteiger partial charge in [0.1, 0.15) is 67.1 Å². The highest BCUT2D eigenvalue weighted by atomic mass is 16.8. The van der Waals surface area contributed by atoms with Gasteiger partial charge in [-0.1, -0.05) is 0 Å². The van der Waals surface area contributed by atoms with Crippen LogP contribution in [-0.4, -0.2) is 177 Å². The summed E-state index contributed by atoms with van der Waals surface area (Å²) in [6, 6.07) is 0. The van der Waals surface area contributed by atoms with E-state index in [1.165, 1.54) is 49.8 Å². The van der Waals surface area contributed by atoms with Crippen LogP contribution < -0.4 is 0 Å². The zero-order valence-electron chi connectivity index (χ0n) is 26.3. The Labute approximate surface area is 248 Å². The van der Waals surface area contributed by atoms with Gasteiger partial charge in [0.15, 0.2) is 18.9 Å². The third-order valence-electron chi connectivity index (χ3n) is 7.59. The molecular formula is C27H50O15. The Balaban J connectivity index is 2.34. The smallest absolute Gasteiger partial charge is 0.187 e. The third kappa shape index (κ3) is 8.85. The number of ether oxygens (including phenoxy) is 14. The van der Waals surface area contributed by atoms with Crippen LogP contribution in [0.25, 0.3) is 0 Å². The van der Waals surface area contributed by atoms with Gasteiger partial charge in [-0.15, -0.1) is 0 Å². The largest absolute Gasteiger partial charge is 0.382 e. The van der Waals surface area contributed by atoms with E-state index in [2.05, 4.69) is 0 Å². The highest BCUT2D eigenvalue weighted by molar-refractivity contribution is 5.57. The average Bonchev–Trinajstić information content (AvgIpc) is 3.01. The summed E-state index contributed by atoms with van der Waals surface area (Å²) < 4.78 is 81.1. The fourth-order valence-corrected chi connectivity index (χ4v) is 5.49. The summed E-state index contributed by atoms with van der Waals surface area (Å²) in [6.45, 7) is 0.349. The Bertz CT molecular complexity index is 732. The van der Waals surface area contributed by atoms with Gasteiger partial charge in [-0.05, 0) is 0 Å². The summed E-state index contributed by atoms with van der Waals surface area (Å²) in [5.41, 5.74) is 0. The molecule has 2 heterocycles. The molecule has 0 radical (unpaired) electrons. The van der Waals surface area contributed by atoms with Crippen molar-refractivity contribution in [3.8, 4) is 0 Å². The highest BCUT2D eigenvalue weighted by Gasteiger charge is 2.52. The molecule has 0 amide bonds. The number of carbonyl (C=O) groups excluding carboxylic acids is 1. The first kappa shape index (κ1) is 37.3. The minimum Gasteiger partial charge on any atom is -0.382 e. The second kappa shape index (κ2) is 19.5. The fraction of sp³-hybridized carbons (Fsp3) is 0.963. The van der Waals surface area contributed by atoms with Crippen LogP contribution in [0.4, 0.5) is 0 Å². The number of carbonyl (C=O) groups is 1. The van der Waals surface area contributed by atoms with Crippen molar-refractivity contribution in [2.45, 2.75) is 79.7 Å². The average molecular weight is 615 g/mol. The molecule has 0 N–H and O–H groups in total. The monoisotopic (exact) mass is 614 g/mol. The van der Waals surface area contributed by atoms with Crippen molar-refractivity contribution < 1.29 is 71.1 Å². The summed E-state index contributed by atoms with van der Waals surface area (Å²) in [5.74, 6) is 0. The van der Waals surface area contributed by atoms with Gasteiger partial charge in [-0.2, -0.15) is 0 Å². The molecule has 2 saturated heterocycles. The first-order valence-electron chi connectivity index (χ1n) is 13.6. The molecule has 2 aliphatic heterocycles. The minimum absolute atomic E-state index is 0.0230. The maximum Gasteiger partial charge on any atom is 0.187 e. The van der Waals surface area contributed by atoms with Crippen LogP contribution in [0.5, 0.6) is 0 Å². The fourth-order valence-electron chi connectivity index (χ4n) is 5.49. The van der Waals surface area contributed by atoms with Crippen molar-refractivity contribution in [2.24, 2.45) is 0 Å². The first-order chi connectivity index (χ1) is 20.4. The van der Waals surface area contributed by atoms with Crippen molar-refractivity contribution in [1.82, 2.24) is 0 Å². The molecule has 13 atom stereocenters. The molecule has 2 rings (SSSR count). The molecule has 0 aromatic heterocycles. The Kier molecular flexibility index (Phi) is 17.3. The molecule has 0 aliphatic carbocycles. The first-order valence-corrected chi connectivity index (χ1v) is 13.6. The zero-order valence-corrected chi connectivity index (χ0v) is 26.3. The standard InChI is InChI=1S/C27H50O15/c1-29-12-16(32-4)19(15(11-28)31-3)42-27-25(38-10)23(36-8)21(34-6)18(41-27)14-39-26-24(37-9)22(35-7)20(33-5)17(40-26)13-30-2/h11,15-27H,12-14H2,1-10H3/t15-,16-,17+,18+,19+,20-,21-,22-,23-,24+,25+,26+,27-/m0/s1. The molecule has 2 fully saturated rings. The molecule has 0 spiro atoms. The molecular weight excluding hydrogens is 564 g/mol. The van der Waals surface area contributed by atoms with E-state index in [-0.39, 0.29) is 19.8 Å². The molecule has 0 aromatic rings. The number of hydrogen-bond acceptors (Lipinski definition) is 15. The van der Waals surface area contributed by atoms with E-state index in [9.17, 15) is 4.79 Å². The number of aldehydes is 1. The van der Waals surface area contributed by atoms with Gasteiger partial charge in [0.2, 0.25) is 0 Å². The van der Waals surface area contributed by atoms with Crippen LogP contribution >= 0.6 is 0 Å². The number of rotatable bonds is 20. The molecule has 2 aliphatic rings. The number of methoxy groups -OCH3 is 10. The van der Waals surface area contributed by atoms with Gasteiger partial charge in [0, 0.05) is 71.1 Å². The molecule has 0 aromatic carbocycles. The van der Waals surface area contributed by atoms with Crippen LogP contribution in [0.3, 0.4) is 0 Å². The lowest BCUT2D eigenvalue weighted by Crippen LogP contribution is -2.64. The third-order valence-corrected chi connectivity index (χ3v) is 7.59. The summed E-state index contributed by atoms with van der Waals surface area (Å²) in [7, 11) is 15.2. The van der Waals surface area contributed by atoms with Crippen LogP contribution in [0.1, 0.15) is 0 Å². The van der Waals surface area contributed by atoms with E-state index in [1.807, 2.05) is 0 Å². The maximum absolute atomic E-state index is 11.9. The summed E-state index contributed by atoms with van der Waals surface area (Å²) in [4.78, 5) is 11.9. The number of hydrogen-bond donors (Lipinski definition) is 0. The van der Waals surface area contributed by atoms with Gasteiger partial charge in [0.05, 0.1) is 19.8 Å². The molecule has 42 heavy (non-hydrogen) atoms. The maximum atomic E-state index is 11.9. The van der Waals surface area contributed by atoms with Crippen molar-refractivity contribution in [3.05, 3.63) is 0 Å². The van der Waals surface area contributed by atoms with Crippen molar-refractivity contribution in [3.63, 3.8) is 0 Å². The Morgan fingerprint density at radius 3 is 1.52 bits per heavy atom. The van der Waals surface area contributed by atoms with Crippen molar-refractivity contribution in [1.29, 1.82) is 0 Å². The quantitative estimate of drug-likeness (QED) is 0.162. The van der Waals surface area contributed by atoms with E-state index in [0.29, 0.717) is 6.29 Å². The summed E-state index contributed by atoms with van der Waals surface area (Å²) >= 11 is 0. The minimum atomic E-state index is -1.05. The summed E-state index contributed by atoms with van der Waals surface area (Å²) in [5, 5.41) is 0. The summed E-state index contributed by atoms with van der Waals surface area (Å²) in [6.07, 6.45) is -8.73. The van der Waals surface area contributed by atoms with Gasteiger partial charge < -0.3 is 71.1 Å². The molecule has 0 unspecified atom stereocenters. The Morgan fingerprint density at radius 2 is 1.10 bits per heavy atom. The van der Waals surface area contributed by atoms with Crippen LogP contribution in [0.2, 0.25) is 0 Å². The zero-order chi connectivity index (χ0) is 31.2. The predicted molar refractivity (Wildman–Crippen MR) is 144 cm³/mol. The predicted octanol–water partition coefficient (Wildman–Crippen LogP) is -0.550. The topological polar surface area (TPSA) is 146 Å². The Hall–Kier alpha value is -0.890. The normalized spacial score (nSPS) is 36.0. The SMILES string of the molecule is COC[C@H](OC)[C@H](O[C@@H]1O[C@H](CO[C@@H]2O[C@H](COC)[C@H](OC)[C@H](OC)[C@H]2OC)[C@H](OC)[C@H](OC)[C@H]1OC)[C@H](C=O)OC. The van der Waals surface area contributed by atoms with Gasteiger partial charge in [0.25, 0.3) is 0 Å². The second-order valence-electron chi connectivity index (χ2n) is 9.74. The lowest BCUT2D eigenvalue weighted by atomic mass is 9.97.